The third kappa shape index (κ3) is 2.26. The molecule has 0 bridgehead atoms. The highest BCUT2D eigenvalue weighted by molar-refractivity contribution is 5.32. The summed E-state index contributed by atoms with van der Waals surface area (Å²) in [5.74, 6) is 0.147. The van der Waals surface area contributed by atoms with Crippen molar-refractivity contribution in [2.45, 2.75) is 12.3 Å². The highest BCUT2D eigenvalue weighted by Gasteiger charge is 2.12. The van der Waals surface area contributed by atoms with Gasteiger partial charge in [-0.3, -0.25) is 4.98 Å². The van der Waals surface area contributed by atoms with Crippen molar-refractivity contribution >= 4 is 0 Å². The lowest BCUT2D eigenvalue weighted by Crippen LogP contribution is -1.99. The van der Waals surface area contributed by atoms with Gasteiger partial charge >= 0.3 is 0 Å². The average Bonchev–Trinajstić information content (AvgIpc) is 2.38. The summed E-state index contributed by atoms with van der Waals surface area (Å²) in [5, 5.41) is 8.89. The molecule has 2 aromatic rings. The molecule has 2 nitrogen and oxygen atoms in total. The normalized spacial score (nSPS) is 11.7. The number of benzene rings is 1. The van der Waals surface area contributed by atoms with Gasteiger partial charge in [-0.2, -0.15) is 5.26 Å². The van der Waals surface area contributed by atoms with Gasteiger partial charge in [-0.15, -0.1) is 0 Å². The van der Waals surface area contributed by atoms with Crippen molar-refractivity contribution in [1.29, 1.82) is 5.26 Å². The van der Waals surface area contributed by atoms with Crippen molar-refractivity contribution in [3.05, 3.63) is 66.0 Å². The maximum Gasteiger partial charge on any atom is 0.0631 e. The molecule has 0 saturated heterocycles. The maximum atomic E-state index is 8.89. The number of nitriles is 1. The van der Waals surface area contributed by atoms with Gasteiger partial charge in [-0.25, -0.2) is 0 Å². The molecule has 0 unspecified atom stereocenters. The van der Waals surface area contributed by atoms with Gasteiger partial charge in [0, 0.05) is 24.7 Å². The van der Waals surface area contributed by atoms with E-state index in [1.165, 1.54) is 5.56 Å². The summed E-state index contributed by atoms with van der Waals surface area (Å²) in [5.41, 5.74) is 2.32. The molecule has 1 heterocycles. The van der Waals surface area contributed by atoms with Crippen LogP contribution in [-0.2, 0) is 0 Å². The van der Waals surface area contributed by atoms with Crippen molar-refractivity contribution in [1.82, 2.24) is 4.98 Å². The van der Waals surface area contributed by atoms with Crippen LogP contribution < -0.4 is 0 Å². The van der Waals surface area contributed by atoms with Gasteiger partial charge in [0.25, 0.3) is 0 Å². The summed E-state index contributed by atoms with van der Waals surface area (Å²) in [4.78, 5) is 4.00. The zero-order valence-electron chi connectivity index (χ0n) is 8.88. The number of hydrogen-bond donors (Lipinski definition) is 0. The number of hydrogen-bond acceptors (Lipinski definition) is 2. The highest BCUT2D eigenvalue weighted by Crippen LogP contribution is 2.26. The van der Waals surface area contributed by atoms with Crippen molar-refractivity contribution in [3.8, 4) is 6.07 Å². The van der Waals surface area contributed by atoms with Crippen LogP contribution in [0.15, 0.2) is 54.9 Å². The van der Waals surface area contributed by atoms with Crippen molar-refractivity contribution < 1.29 is 0 Å². The van der Waals surface area contributed by atoms with Crippen LogP contribution in [0.1, 0.15) is 23.5 Å². The largest absolute Gasteiger partial charge is 0.265 e. The zero-order valence-corrected chi connectivity index (χ0v) is 8.88. The standard InChI is InChI=1S/C14H12N2/c15-9-6-14(12-4-2-1-3-5-12)13-7-10-16-11-8-13/h1-5,7-8,10-11,14H,6H2/t14-/m1/s1. The maximum absolute atomic E-state index is 8.89. The third-order valence-electron chi connectivity index (χ3n) is 2.61. The minimum absolute atomic E-state index is 0.147. The number of nitrogens with zero attached hydrogens (tertiary/aromatic N) is 2. The van der Waals surface area contributed by atoms with Crippen LogP contribution in [0.25, 0.3) is 0 Å². The van der Waals surface area contributed by atoms with Crippen LogP contribution in [0.5, 0.6) is 0 Å². The fourth-order valence-corrected chi connectivity index (χ4v) is 1.80. The Bertz CT molecular complexity index is 432. The number of rotatable bonds is 3. The Labute approximate surface area is 95.2 Å². The molecule has 16 heavy (non-hydrogen) atoms. The van der Waals surface area contributed by atoms with Crippen LogP contribution in [0, 0.1) is 11.3 Å². The number of aromatic nitrogens is 1. The second-order valence-electron chi connectivity index (χ2n) is 3.61. The molecule has 0 N–H and O–H groups in total. The lowest BCUT2D eigenvalue weighted by atomic mass is 9.90. The molecule has 0 spiro atoms. The van der Waals surface area contributed by atoms with E-state index in [4.69, 9.17) is 5.26 Å². The van der Waals surface area contributed by atoms with E-state index >= 15 is 0 Å². The fraction of sp³-hybridized carbons (Fsp3) is 0.143. The van der Waals surface area contributed by atoms with Crippen LogP contribution in [0.2, 0.25) is 0 Å². The minimum Gasteiger partial charge on any atom is -0.265 e. The van der Waals surface area contributed by atoms with Gasteiger partial charge in [0.2, 0.25) is 0 Å². The van der Waals surface area contributed by atoms with E-state index in [1.54, 1.807) is 12.4 Å². The monoisotopic (exact) mass is 208 g/mol. The van der Waals surface area contributed by atoms with E-state index in [1.807, 2.05) is 30.3 Å². The predicted octanol–water partition coefficient (Wildman–Crippen LogP) is 3.13. The van der Waals surface area contributed by atoms with Crippen LogP contribution >= 0.6 is 0 Å². The predicted molar refractivity (Wildman–Crippen MR) is 62.8 cm³/mol. The van der Waals surface area contributed by atoms with Gasteiger partial charge in [0.15, 0.2) is 0 Å². The summed E-state index contributed by atoms with van der Waals surface area (Å²) < 4.78 is 0. The van der Waals surface area contributed by atoms with Gasteiger partial charge in [-0.1, -0.05) is 30.3 Å². The fourth-order valence-electron chi connectivity index (χ4n) is 1.80. The Morgan fingerprint density at radius 3 is 2.25 bits per heavy atom. The molecule has 0 saturated carbocycles. The molecule has 0 amide bonds. The molecule has 2 rings (SSSR count). The molecular formula is C14H12N2. The first-order valence-corrected chi connectivity index (χ1v) is 5.23. The first kappa shape index (κ1) is 10.4. The van der Waals surface area contributed by atoms with Gasteiger partial charge < -0.3 is 0 Å². The first-order valence-electron chi connectivity index (χ1n) is 5.23. The van der Waals surface area contributed by atoms with Gasteiger partial charge in [0.05, 0.1) is 6.07 Å². The van der Waals surface area contributed by atoms with Crippen molar-refractivity contribution in [2.24, 2.45) is 0 Å². The molecule has 0 aliphatic rings. The summed E-state index contributed by atoms with van der Waals surface area (Å²) in [7, 11) is 0. The molecule has 2 heteroatoms. The molecule has 78 valence electrons. The molecule has 1 aromatic carbocycles. The Morgan fingerprint density at radius 1 is 1.00 bits per heavy atom. The topological polar surface area (TPSA) is 36.7 Å². The molecular weight excluding hydrogens is 196 g/mol. The smallest absolute Gasteiger partial charge is 0.0631 e. The van der Waals surface area contributed by atoms with E-state index in [-0.39, 0.29) is 5.92 Å². The molecule has 0 aliphatic carbocycles. The third-order valence-corrected chi connectivity index (χ3v) is 2.61. The number of pyridine rings is 1. The lowest BCUT2D eigenvalue weighted by molar-refractivity contribution is 0.835. The Balaban J connectivity index is 2.36. The summed E-state index contributed by atoms with van der Waals surface area (Å²) in [6.07, 6.45) is 4.03. The van der Waals surface area contributed by atoms with E-state index in [0.29, 0.717) is 6.42 Å². The highest BCUT2D eigenvalue weighted by atomic mass is 14.6. The van der Waals surface area contributed by atoms with E-state index in [0.717, 1.165) is 5.56 Å². The van der Waals surface area contributed by atoms with Crippen LogP contribution in [0.3, 0.4) is 0 Å². The molecule has 0 fully saturated rings. The minimum atomic E-state index is 0.147. The first-order chi connectivity index (χ1) is 7.92. The van der Waals surface area contributed by atoms with Crippen LogP contribution in [-0.4, -0.2) is 4.98 Å². The average molecular weight is 208 g/mol. The van der Waals surface area contributed by atoms with E-state index in [2.05, 4.69) is 23.2 Å². The summed E-state index contributed by atoms with van der Waals surface area (Å²) in [6, 6.07) is 16.3. The summed E-state index contributed by atoms with van der Waals surface area (Å²) in [6.45, 7) is 0. The van der Waals surface area contributed by atoms with Crippen molar-refractivity contribution in [3.63, 3.8) is 0 Å². The van der Waals surface area contributed by atoms with Crippen molar-refractivity contribution in [2.75, 3.05) is 0 Å². The summed E-state index contributed by atoms with van der Waals surface area (Å²) >= 11 is 0. The zero-order chi connectivity index (χ0) is 11.2. The second-order valence-corrected chi connectivity index (χ2v) is 3.61. The quantitative estimate of drug-likeness (QED) is 0.777. The van der Waals surface area contributed by atoms with Crippen LogP contribution in [0.4, 0.5) is 0 Å². The SMILES string of the molecule is N#CC[C@H](c1ccccc1)c1ccncc1. The van der Waals surface area contributed by atoms with Gasteiger partial charge in [0.1, 0.15) is 0 Å². The van der Waals surface area contributed by atoms with Gasteiger partial charge in [-0.05, 0) is 23.3 Å². The molecule has 0 radical (unpaired) electrons. The molecule has 1 atom stereocenters. The van der Waals surface area contributed by atoms with E-state index in [9.17, 15) is 0 Å². The molecule has 1 aromatic heterocycles. The Morgan fingerprint density at radius 2 is 1.62 bits per heavy atom. The Kier molecular flexibility index (Phi) is 3.30. The second kappa shape index (κ2) is 5.09. The lowest BCUT2D eigenvalue weighted by Gasteiger charge is -2.13. The van der Waals surface area contributed by atoms with E-state index < -0.39 is 0 Å². The Hall–Kier alpha value is -2.14. The molecule has 0 aliphatic heterocycles.